The Morgan fingerprint density at radius 3 is 2.55 bits per heavy atom. The number of rotatable bonds is 4. The van der Waals surface area contributed by atoms with Gasteiger partial charge < -0.3 is 9.84 Å². The van der Waals surface area contributed by atoms with Gasteiger partial charge in [-0.05, 0) is 48.4 Å². The Bertz CT molecular complexity index is 654. The van der Waals surface area contributed by atoms with E-state index < -0.39 is 11.8 Å². The zero-order chi connectivity index (χ0) is 14.7. The van der Waals surface area contributed by atoms with Crippen molar-refractivity contribution in [2.45, 2.75) is 13.5 Å². The first-order valence-electron chi connectivity index (χ1n) is 5.88. The molecular weight excluding hydrogens is 266 g/mol. The van der Waals surface area contributed by atoms with E-state index in [0.29, 0.717) is 5.56 Å². The number of hydrogen-bond acceptors (Lipinski definition) is 2. The van der Waals surface area contributed by atoms with E-state index in [1.165, 1.54) is 24.3 Å². The molecular formula is C15H12F2O3. The average molecular weight is 278 g/mol. The summed E-state index contributed by atoms with van der Waals surface area (Å²) >= 11 is 0. The van der Waals surface area contributed by atoms with Crippen LogP contribution in [0.5, 0.6) is 5.75 Å². The molecule has 1 N–H and O–H groups in total. The number of carbonyl (C=O) groups is 1. The minimum atomic E-state index is -1.20. The maximum atomic E-state index is 13.6. The normalized spacial score (nSPS) is 10.3. The second-order valence-electron chi connectivity index (χ2n) is 4.31. The van der Waals surface area contributed by atoms with Crippen molar-refractivity contribution < 1.29 is 23.4 Å². The second kappa shape index (κ2) is 5.69. The van der Waals surface area contributed by atoms with Crippen molar-refractivity contribution in [3.05, 3.63) is 64.7 Å². The molecule has 0 saturated heterocycles. The van der Waals surface area contributed by atoms with Gasteiger partial charge in [-0.1, -0.05) is 6.07 Å². The van der Waals surface area contributed by atoms with Gasteiger partial charge >= 0.3 is 5.97 Å². The van der Waals surface area contributed by atoms with Crippen LogP contribution in [0.1, 0.15) is 21.5 Å². The third-order valence-corrected chi connectivity index (χ3v) is 2.87. The lowest BCUT2D eigenvalue weighted by Gasteiger charge is -2.10. The lowest BCUT2D eigenvalue weighted by Crippen LogP contribution is -2.02. The molecule has 104 valence electrons. The van der Waals surface area contributed by atoms with Crippen LogP contribution in [-0.4, -0.2) is 11.1 Å². The highest BCUT2D eigenvalue weighted by atomic mass is 19.1. The first-order valence-corrected chi connectivity index (χ1v) is 5.88. The Morgan fingerprint density at radius 2 is 1.95 bits per heavy atom. The van der Waals surface area contributed by atoms with E-state index in [2.05, 4.69) is 0 Å². The van der Waals surface area contributed by atoms with E-state index in [1.54, 1.807) is 13.0 Å². The van der Waals surface area contributed by atoms with Crippen LogP contribution in [0.4, 0.5) is 8.78 Å². The summed E-state index contributed by atoms with van der Waals surface area (Å²) in [6, 6.07) is 7.65. The Balaban J connectivity index is 2.13. The molecule has 0 unspecified atom stereocenters. The van der Waals surface area contributed by atoms with Crippen molar-refractivity contribution in [3.8, 4) is 5.75 Å². The Labute approximate surface area is 114 Å². The van der Waals surface area contributed by atoms with Crippen LogP contribution in [0.3, 0.4) is 0 Å². The zero-order valence-electron chi connectivity index (χ0n) is 10.7. The lowest BCUT2D eigenvalue weighted by atomic mass is 10.1. The smallest absolute Gasteiger partial charge is 0.335 e. The van der Waals surface area contributed by atoms with Crippen molar-refractivity contribution in [1.29, 1.82) is 0 Å². The van der Waals surface area contributed by atoms with Crippen LogP contribution in [-0.2, 0) is 6.61 Å². The van der Waals surface area contributed by atoms with Gasteiger partial charge in [0.25, 0.3) is 0 Å². The van der Waals surface area contributed by atoms with Crippen LogP contribution in [0, 0.1) is 18.6 Å². The molecule has 0 spiro atoms. The van der Waals surface area contributed by atoms with Crippen LogP contribution in [0.15, 0.2) is 36.4 Å². The number of carboxylic acid groups (broad SMARTS) is 1. The van der Waals surface area contributed by atoms with Crippen molar-refractivity contribution in [1.82, 2.24) is 0 Å². The van der Waals surface area contributed by atoms with E-state index in [-0.39, 0.29) is 23.7 Å². The van der Waals surface area contributed by atoms with Crippen molar-refractivity contribution >= 4 is 5.97 Å². The van der Waals surface area contributed by atoms with Gasteiger partial charge in [-0.15, -0.1) is 0 Å². The highest BCUT2D eigenvalue weighted by molar-refractivity contribution is 5.87. The first kappa shape index (κ1) is 14.0. The Hall–Kier alpha value is -2.43. The van der Waals surface area contributed by atoms with E-state index in [1.807, 2.05) is 0 Å². The number of aryl methyl sites for hydroxylation is 1. The predicted octanol–water partition coefficient (Wildman–Crippen LogP) is 3.55. The molecule has 0 bridgehead atoms. The molecule has 0 atom stereocenters. The number of benzene rings is 2. The molecule has 3 nitrogen and oxygen atoms in total. The van der Waals surface area contributed by atoms with E-state index in [4.69, 9.17) is 9.84 Å². The molecule has 0 aliphatic rings. The number of aromatic carboxylic acids is 1. The summed E-state index contributed by atoms with van der Waals surface area (Å²) in [4.78, 5) is 10.7. The van der Waals surface area contributed by atoms with Crippen LogP contribution < -0.4 is 4.74 Å². The third-order valence-electron chi connectivity index (χ3n) is 2.87. The van der Waals surface area contributed by atoms with Gasteiger partial charge in [-0.25, -0.2) is 13.6 Å². The fourth-order valence-corrected chi connectivity index (χ4v) is 1.73. The maximum absolute atomic E-state index is 13.6. The molecule has 0 aliphatic heterocycles. The third kappa shape index (κ3) is 3.12. The minimum absolute atomic E-state index is 0.0428. The van der Waals surface area contributed by atoms with Crippen molar-refractivity contribution in [2.24, 2.45) is 0 Å². The maximum Gasteiger partial charge on any atom is 0.335 e. The Kier molecular flexibility index (Phi) is 3.98. The van der Waals surface area contributed by atoms with Gasteiger partial charge in [-0.3, -0.25) is 0 Å². The molecule has 0 fully saturated rings. The number of ether oxygens (including phenoxy) is 1. The van der Waals surface area contributed by atoms with Crippen LogP contribution in [0.25, 0.3) is 0 Å². The topological polar surface area (TPSA) is 46.5 Å². The zero-order valence-corrected chi connectivity index (χ0v) is 10.7. The molecule has 0 amide bonds. The molecule has 0 aliphatic carbocycles. The first-order chi connectivity index (χ1) is 9.47. The summed E-state index contributed by atoms with van der Waals surface area (Å²) in [6.45, 7) is 1.81. The van der Waals surface area contributed by atoms with Gasteiger partial charge in [0.2, 0.25) is 0 Å². The molecule has 5 heteroatoms. The van der Waals surface area contributed by atoms with Crippen molar-refractivity contribution in [2.75, 3.05) is 0 Å². The summed E-state index contributed by atoms with van der Waals surface area (Å²) in [5, 5.41) is 8.73. The largest absolute Gasteiger partial charge is 0.486 e. The van der Waals surface area contributed by atoms with E-state index >= 15 is 0 Å². The highest BCUT2D eigenvalue weighted by Crippen LogP contribution is 2.20. The molecule has 20 heavy (non-hydrogen) atoms. The molecule has 0 heterocycles. The molecule has 2 aromatic carbocycles. The van der Waals surface area contributed by atoms with Gasteiger partial charge in [-0.2, -0.15) is 0 Å². The average Bonchev–Trinajstić information content (AvgIpc) is 2.38. The number of halogens is 2. The molecule has 0 radical (unpaired) electrons. The summed E-state index contributed by atoms with van der Waals surface area (Å²) in [5.41, 5.74) is 1.29. The summed E-state index contributed by atoms with van der Waals surface area (Å²) in [7, 11) is 0. The van der Waals surface area contributed by atoms with Crippen LogP contribution >= 0.6 is 0 Å². The number of carboxylic acids is 1. The molecule has 2 aromatic rings. The fourth-order valence-electron chi connectivity index (χ4n) is 1.73. The van der Waals surface area contributed by atoms with Gasteiger partial charge in [0.15, 0.2) is 11.6 Å². The summed E-state index contributed by atoms with van der Waals surface area (Å²) in [6.07, 6.45) is 0. The minimum Gasteiger partial charge on any atom is -0.486 e. The van der Waals surface area contributed by atoms with Gasteiger partial charge in [0, 0.05) is 0 Å². The SMILES string of the molecule is Cc1cc(F)ccc1COc1ccc(C(=O)O)cc1F. The van der Waals surface area contributed by atoms with E-state index in [9.17, 15) is 13.6 Å². The quantitative estimate of drug-likeness (QED) is 0.930. The molecule has 2 rings (SSSR count). The second-order valence-corrected chi connectivity index (χ2v) is 4.31. The highest BCUT2D eigenvalue weighted by Gasteiger charge is 2.10. The van der Waals surface area contributed by atoms with Gasteiger partial charge in [0.05, 0.1) is 5.56 Å². The van der Waals surface area contributed by atoms with Gasteiger partial charge in [0.1, 0.15) is 12.4 Å². The van der Waals surface area contributed by atoms with Crippen LogP contribution in [0.2, 0.25) is 0 Å². The molecule has 0 aromatic heterocycles. The monoisotopic (exact) mass is 278 g/mol. The van der Waals surface area contributed by atoms with E-state index in [0.717, 1.165) is 11.6 Å². The molecule has 0 saturated carbocycles. The van der Waals surface area contributed by atoms with Crippen molar-refractivity contribution in [3.63, 3.8) is 0 Å². The fraction of sp³-hybridized carbons (Fsp3) is 0.133. The standard InChI is InChI=1S/C15H12F2O3/c1-9-6-12(16)4-2-11(9)8-20-14-5-3-10(15(18)19)7-13(14)17/h2-7H,8H2,1H3,(H,18,19). The Morgan fingerprint density at radius 1 is 1.20 bits per heavy atom. The predicted molar refractivity (Wildman–Crippen MR) is 68.8 cm³/mol. The summed E-state index contributed by atoms with van der Waals surface area (Å²) in [5.74, 6) is -2.34. The lowest BCUT2D eigenvalue weighted by molar-refractivity contribution is 0.0696. The summed E-state index contributed by atoms with van der Waals surface area (Å²) < 4.78 is 31.9. The number of hydrogen-bond donors (Lipinski definition) is 1.